The number of hydrogen-bond donors (Lipinski definition) is 0. The Morgan fingerprint density at radius 2 is 0.895 bits per heavy atom. The van der Waals surface area contributed by atoms with Gasteiger partial charge < -0.3 is 0 Å². The molecule has 0 N–H and O–H groups in total. The zero-order chi connectivity index (χ0) is 13.9. The molecule has 0 nitrogen and oxygen atoms in total. The third-order valence-electron chi connectivity index (χ3n) is 3.45. The average molecular weight is 317 g/mol. The van der Waals surface area contributed by atoms with E-state index in [9.17, 15) is 0 Å². The zero-order valence-corrected chi connectivity index (χ0v) is 13.9. The number of rotatable bonds is 4. The summed E-state index contributed by atoms with van der Waals surface area (Å²) in [6.07, 6.45) is 0. The Labute approximate surface area is 123 Å². The van der Waals surface area contributed by atoms with Crippen LogP contribution in [0.25, 0.3) is 0 Å². The van der Waals surface area contributed by atoms with Crippen molar-refractivity contribution in [1.82, 2.24) is 0 Å². The first-order chi connectivity index (χ1) is 8.92. The first kappa shape index (κ1) is 14.4. The molecular formula is C18H22Se. The standard InChI is InChI=1S/C18H22Se/c1-17(2,15-11-7-5-8-12-15)19-18(3,4)16-13-9-6-10-14-16/h5-14H,1-4H3. The van der Waals surface area contributed by atoms with Gasteiger partial charge in [0.1, 0.15) is 0 Å². The van der Waals surface area contributed by atoms with Crippen LogP contribution in [0.3, 0.4) is 0 Å². The topological polar surface area (TPSA) is 0 Å². The van der Waals surface area contributed by atoms with E-state index in [-0.39, 0.29) is 8.63 Å². The fraction of sp³-hybridized carbons (Fsp3) is 0.333. The summed E-state index contributed by atoms with van der Waals surface area (Å²) in [6.45, 7) is 9.47. The molecule has 0 atom stereocenters. The maximum atomic E-state index is 2.37. The quantitative estimate of drug-likeness (QED) is 0.725. The molecule has 0 aliphatic rings. The van der Waals surface area contributed by atoms with Crippen molar-refractivity contribution in [3.63, 3.8) is 0 Å². The van der Waals surface area contributed by atoms with Crippen molar-refractivity contribution < 1.29 is 0 Å². The molecule has 0 aliphatic heterocycles. The molecule has 0 aliphatic carbocycles. The molecule has 19 heavy (non-hydrogen) atoms. The normalized spacial score (nSPS) is 12.4. The fourth-order valence-electron chi connectivity index (χ4n) is 2.43. The molecule has 0 saturated carbocycles. The van der Waals surface area contributed by atoms with Gasteiger partial charge in [0.25, 0.3) is 0 Å². The summed E-state index contributed by atoms with van der Waals surface area (Å²) in [5.74, 6) is 0. The van der Waals surface area contributed by atoms with Gasteiger partial charge in [0.2, 0.25) is 0 Å². The third kappa shape index (κ3) is 3.49. The van der Waals surface area contributed by atoms with Gasteiger partial charge in [-0.3, -0.25) is 0 Å². The fourth-order valence-corrected chi connectivity index (χ4v) is 6.18. The van der Waals surface area contributed by atoms with Crippen LogP contribution < -0.4 is 0 Å². The van der Waals surface area contributed by atoms with Gasteiger partial charge in [-0.1, -0.05) is 0 Å². The first-order valence-corrected chi connectivity index (χ1v) is 8.44. The summed E-state index contributed by atoms with van der Waals surface area (Å²) >= 11 is 0.475. The summed E-state index contributed by atoms with van der Waals surface area (Å²) in [4.78, 5) is 0. The molecule has 2 aromatic carbocycles. The van der Waals surface area contributed by atoms with E-state index in [1.165, 1.54) is 11.1 Å². The van der Waals surface area contributed by atoms with Crippen molar-refractivity contribution in [1.29, 1.82) is 0 Å². The monoisotopic (exact) mass is 318 g/mol. The second-order valence-electron chi connectivity index (χ2n) is 5.85. The zero-order valence-electron chi connectivity index (χ0n) is 12.2. The van der Waals surface area contributed by atoms with Crippen LogP contribution in [0.5, 0.6) is 0 Å². The minimum atomic E-state index is 0.244. The van der Waals surface area contributed by atoms with E-state index < -0.39 is 0 Å². The molecule has 1 heteroatoms. The molecule has 0 heterocycles. The van der Waals surface area contributed by atoms with Crippen molar-refractivity contribution in [2.75, 3.05) is 0 Å². The Morgan fingerprint density at radius 3 is 1.21 bits per heavy atom. The van der Waals surface area contributed by atoms with Crippen LogP contribution in [0.1, 0.15) is 38.8 Å². The molecule has 2 rings (SSSR count). The van der Waals surface area contributed by atoms with Crippen LogP contribution >= 0.6 is 0 Å². The molecule has 0 fully saturated rings. The van der Waals surface area contributed by atoms with Gasteiger partial charge in [0.15, 0.2) is 0 Å². The summed E-state index contributed by atoms with van der Waals surface area (Å²) < 4.78 is 0.487. The van der Waals surface area contributed by atoms with E-state index in [1.807, 2.05) is 0 Å². The SMILES string of the molecule is CC(C)([Se]C(C)(C)c1ccccc1)c1ccccc1. The molecule has 0 radical (unpaired) electrons. The summed E-state index contributed by atoms with van der Waals surface area (Å²) in [7, 11) is 0. The Balaban J connectivity index is 2.25. The van der Waals surface area contributed by atoms with E-state index in [2.05, 4.69) is 88.4 Å². The van der Waals surface area contributed by atoms with Crippen molar-refractivity contribution in [3.8, 4) is 0 Å². The molecule has 0 bridgehead atoms. The van der Waals surface area contributed by atoms with E-state index in [4.69, 9.17) is 0 Å². The summed E-state index contributed by atoms with van der Waals surface area (Å²) in [6, 6.07) is 21.8. The van der Waals surface area contributed by atoms with Crippen molar-refractivity contribution in [3.05, 3.63) is 71.8 Å². The van der Waals surface area contributed by atoms with Crippen molar-refractivity contribution >= 4 is 15.0 Å². The molecule has 0 spiro atoms. The van der Waals surface area contributed by atoms with Gasteiger partial charge >= 0.3 is 123 Å². The first-order valence-electron chi connectivity index (χ1n) is 6.73. The molecule has 0 saturated heterocycles. The van der Waals surface area contributed by atoms with Crippen LogP contribution in [-0.4, -0.2) is 15.0 Å². The van der Waals surface area contributed by atoms with Crippen LogP contribution in [-0.2, 0) is 8.63 Å². The van der Waals surface area contributed by atoms with Crippen LogP contribution in [0.15, 0.2) is 60.7 Å². The Bertz CT molecular complexity index is 462. The number of hydrogen-bond acceptors (Lipinski definition) is 0. The van der Waals surface area contributed by atoms with Crippen LogP contribution in [0.4, 0.5) is 0 Å². The summed E-state index contributed by atoms with van der Waals surface area (Å²) in [5.41, 5.74) is 2.89. The van der Waals surface area contributed by atoms with Gasteiger partial charge in [0, 0.05) is 0 Å². The second kappa shape index (κ2) is 5.53. The minimum absolute atomic E-state index is 0.244. The Kier molecular flexibility index (Phi) is 4.18. The van der Waals surface area contributed by atoms with Crippen LogP contribution in [0, 0.1) is 0 Å². The molecule has 0 aromatic heterocycles. The molecule has 0 unspecified atom stereocenters. The van der Waals surface area contributed by atoms with E-state index in [0.29, 0.717) is 15.0 Å². The van der Waals surface area contributed by atoms with Gasteiger partial charge in [-0.2, -0.15) is 0 Å². The maximum absolute atomic E-state index is 2.37. The van der Waals surface area contributed by atoms with Crippen molar-refractivity contribution in [2.45, 2.75) is 36.3 Å². The van der Waals surface area contributed by atoms with E-state index in [0.717, 1.165) is 0 Å². The average Bonchev–Trinajstić information content (AvgIpc) is 2.40. The van der Waals surface area contributed by atoms with E-state index >= 15 is 0 Å². The van der Waals surface area contributed by atoms with E-state index in [1.54, 1.807) is 0 Å². The molecule has 100 valence electrons. The van der Waals surface area contributed by atoms with Gasteiger partial charge in [-0.05, 0) is 0 Å². The predicted molar refractivity (Wildman–Crippen MR) is 84.7 cm³/mol. The molecular weight excluding hydrogens is 295 g/mol. The van der Waals surface area contributed by atoms with Crippen LogP contribution in [0.2, 0.25) is 0 Å². The predicted octanol–water partition coefficient (Wildman–Crippen LogP) is 4.56. The summed E-state index contributed by atoms with van der Waals surface area (Å²) in [5, 5.41) is 0. The van der Waals surface area contributed by atoms with Gasteiger partial charge in [-0.25, -0.2) is 0 Å². The van der Waals surface area contributed by atoms with Crippen molar-refractivity contribution in [2.24, 2.45) is 0 Å². The molecule has 2 aromatic rings. The Morgan fingerprint density at radius 1 is 0.579 bits per heavy atom. The molecule has 0 amide bonds. The van der Waals surface area contributed by atoms with Gasteiger partial charge in [-0.15, -0.1) is 0 Å². The Hall–Kier alpha value is -1.04. The number of benzene rings is 2. The third-order valence-corrected chi connectivity index (χ3v) is 6.58. The second-order valence-corrected chi connectivity index (χ2v) is 10.6. The van der Waals surface area contributed by atoms with Gasteiger partial charge in [0.05, 0.1) is 0 Å².